The number of hydrogen-bond acceptors (Lipinski definition) is 6. The maximum absolute atomic E-state index is 12.2. The predicted octanol–water partition coefficient (Wildman–Crippen LogP) is 0.732. The number of rotatable bonds is 9. The highest BCUT2D eigenvalue weighted by atomic mass is 16.5. The van der Waals surface area contributed by atoms with Gasteiger partial charge < -0.3 is 25.2 Å². The zero-order valence-electron chi connectivity index (χ0n) is 14.4. The summed E-state index contributed by atoms with van der Waals surface area (Å²) in [6, 6.07) is 7.06. The van der Waals surface area contributed by atoms with Crippen molar-refractivity contribution in [3.8, 4) is 0 Å². The Morgan fingerprint density at radius 2 is 1.80 bits per heavy atom. The van der Waals surface area contributed by atoms with Gasteiger partial charge in [0.2, 0.25) is 5.91 Å². The van der Waals surface area contributed by atoms with Crippen LogP contribution in [0.5, 0.6) is 0 Å². The smallest absolute Gasteiger partial charge is 0.408 e. The molecule has 2 atom stereocenters. The van der Waals surface area contributed by atoms with Gasteiger partial charge in [0.05, 0.1) is 13.7 Å². The Balaban J connectivity index is 2.57. The molecule has 1 aromatic rings. The molecule has 25 heavy (non-hydrogen) atoms. The Morgan fingerprint density at radius 1 is 1.12 bits per heavy atom. The number of alkyl carbamates (subject to hydrolysis) is 1. The van der Waals surface area contributed by atoms with E-state index in [1.165, 1.54) is 0 Å². The van der Waals surface area contributed by atoms with Crippen LogP contribution in [-0.4, -0.2) is 48.9 Å². The van der Waals surface area contributed by atoms with Crippen LogP contribution in [0.15, 0.2) is 30.3 Å². The SMILES string of the molecule is CCC[C@@H](NC(=O)OCc1ccccc1)C(=O)N[C@@H](CO)C(=O)OC. The predicted molar refractivity (Wildman–Crippen MR) is 89.5 cm³/mol. The number of carbonyl (C=O) groups excluding carboxylic acids is 3. The topological polar surface area (TPSA) is 114 Å². The molecule has 0 aromatic heterocycles. The summed E-state index contributed by atoms with van der Waals surface area (Å²) < 4.78 is 9.57. The van der Waals surface area contributed by atoms with E-state index in [1.807, 2.05) is 37.3 Å². The standard InChI is InChI=1S/C17H24N2O6/c1-3-7-13(15(21)18-14(10-20)16(22)24-2)19-17(23)25-11-12-8-5-4-6-9-12/h4-6,8-9,13-14,20H,3,7,10-11H2,1-2H3,(H,18,21)(H,19,23)/t13-,14+/m1/s1. The number of amides is 2. The van der Waals surface area contributed by atoms with Crippen molar-refractivity contribution in [2.45, 2.75) is 38.5 Å². The first kappa shape index (κ1) is 20.4. The minimum absolute atomic E-state index is 0.0779. The first-order chi connectivity index (χ1) is 12.0. The molecular weight excluding hydrogens is 328 g/mol. The van der Waals surface area contributed by atoms with E-state index in [0.717, 1.165) is 12.7 Å². The number of ether oxygens (including phenoxy) is 2. The van der Waals surface area contributed by atoms with Crippen LogP contribution in [0.25, 0.3) is 0 Å². The summed E-state index contributed by atoms with van der Waals surface area (Å²) in [4.78, 5) is 35.6. The lowest BCUT2D eigenvalue weighted by Gasteiger charge is -2.20. The number of aliphatic hydroxyl groups excluding tert-OH is 1. The maximum Gasteiger partial charge on any atom is 0.408 e. The molecule has 0 saturated heterocycles. The number of methoxy groups -OCH3 is 1. The van der Waals surface area contributed by atoms with Crippen molar-refractivity contribution in [3.63, 3.8) is 0 Å². The third-order valence-electron chi connectivity index (χ3n) is 3.38. The van der Waals surface area contributed by atoms with Crippen molar-refractivity contribution in [2.24, 2.45) is 0 Å². The number of nitrogens with one attached hydrogen (secondary N) is 2. The highest BCUT2D eigenvalue weighted by molar-refractivity contribution is 5.89. The van der Waals surface area contributed by atoms with Gasteiger partial charge in [0.15, 0.2) is 6.04 Å². The molecule has 0 spiro atoms. The van der Waals surface area contributed by atoms with Crippen molar-refractivity contribution in [1.29, 1.82) is 0 Å². The molecule has 0 fully saturated rings. The normalized spacial score (nSPS) is 12.6. The second-order valence-electron chi connectivity index (χ2n) is 5.31. The molecular formula is C17H24N2O6. The van der Waals surface area contributed by atoms with Gasteiger partial charge in [-0.1, -0.05) is 43.7 Å². The Bertz CT molecular complexity index is 564. The second kappa shape index (κ2) is 11.0. The minimum Gasteiger partial charge on any atom is -0.467 e. The van der Waals surface area contributed by atoms with Gasteiger partial charge in [-0.15, -0.1) is 0 Å². The van der Waals surface area contributed by atoms with E-state index in [4.69, 9.17) is 9.84 Å². The number of esters is 1. The number of hydrogen-bond donors (Lipinski definition) is 3. The van der Waals surface area contributed by atoms with Gasteiger partial charge in [0.1, 0.15) is 12.6 Å². The van der Waals surface area contributed by atoms with E-state index >= 15 is 0 Å². The van der Waals surface area contributed by atoms with Gasteiger partial charge in [0, 0.05) is 0 Å². The summed E-state index contributed by atoms with van der Waals surface area (Å²) in [6.07, 6.45) is 0.237. The van der Waals surface area contributed by atoms with Crippen molar-refractivity contribution < 1.29 is 29.0 Å². The highest BCUT2D eigenvalue weighted by Gasteiger charge is 2.26. The highest BCUT2D eigenvalue weighted by Crippen LogP contribution is 2.03. The number of carbonyl (C=O) groups is 3. The van der Waals surface area contributed by atoms with Gasteiger partial charge in [-0.3, -0.25) is 4.79 Å². The molecule has 0 bridgehead atoms. The third kappa shape index (κ3) is 7.21. The van der Waals surface area contributed by atoms with Crippen LogP contribution in [0, 0.1) is 0 Å². The van der Waals surface area contributed by atoms with Gasteiger partial charge >= 0.3 is 12.1 Å². The van der Waals surface area contributed by atoms with Crippen LogP contribution in [0.3, 0.4) is 0 Å². The van der Waals surface area contributed by atoms with Crippen molar-refractivity contribution in [1.82, 2.24) is 10.6 Å². The molecule has 0 saturated carbocycles. The molecule has 8 nitrogen and oxygen atoms in total. The molecule has 0 heterocycles. The van der Waals surface area contributed by atoms with Gasteiger partial charge in [-0.05, 0) is 12.0 Å². The van der Waals surface area contributed by atoms with E-state index in [0.29, 0.717) is 12.8 Å². The number of aliphatic hydroxyl groups is 1. The summed E-state index contributed by atoms with van der Waals surface area (Å²) >= 11 is 0. The summed E-state index contributed by atoms with van der Waals surface area (Å²) in [6.45, 7) is 1.32. The molecule has 138 valence electrons. The lowest BCUT2D eigenvalue weighted by atomic mass is 10.1. The van der Waals surface area contributed by atoms with Gasteiger partial charge in [-0.2, -0.15) is 0 Å². The molecule has 3 N–H and O–H groups in total. The fourth-order valence-electron chi connectivity index (χ4n) is 2.06. The van der Waals surface area contributed by atoms with Gasteiger partial charge in [-0.25, -0.2) is 9.59 Å². The van der Waals surface area contributed by atoms with Crippen molar-refractivity contribution in [2.75, 3.05) is 13.7 Å². The van der Waals surface area contributed by atoms with E-state index in [-0.39, 0.29) is 6.61 Å². The maximum atomic E-state index is 12.2. The molecule has 1 aromatic carbocycles. The molecule has 1 rings (SSSR count). The van der Waals surface area contributed by atoms with Crippen LogP contribution >= 0.6 is 0 Å². The van der Waals surface area contributed by atoms with E-state index in [2.05, 4.69) is 15.4 Å². The molecule has 0 aliphatic carbocycles. The molecule has 0 radical (unpaired) electrons. The summed E-state index contributed by atoms with van der Waals surface area (Å²) in [5.74, 6) is -1.36. The summed E-state index contributed by atoms with van der Waals surface area (Å²) in [5, 5.41) is 14.0. The van der Waals surface area contributed by atoms with Crippen LogP contribution < -0.4 is 10.6 Å². The zero-order valence-corrected chi connectivity index (χ0v) is 14.4. The van der Waals surface area contributed by atoms with Crippen molar-refractivity contribution >= 4 is 18.0 Å². The Morgan fingerprint density at radius 3 is 2.36 bits per heavy atom. The lowest BCUT2D eigenvalue weighted by Crippen LogP contribution is -2.53. The summed E-state index contributed by atoms with van der Waals surface area (Å²) in [7, 11) is 1.15. The Kier molecular flexibility index (Phi) is 9.02. The quantitative estimate of drug-likeness (QED) is 0.565. The fraction of sp³-hybridized carbons (Fsp3) is 0.471. The van der Waals surface area contributed by atoms with Gasteiger partial charge in [0.25, 0.3) is 0 Å². The number of benzene rings is 1. The second-order valence-corrected chi connectivity index (χ2v) is 5.31. The van der Waals surface area contributed by atoms with Crippen molar-refractivity contribution in [3.05, 3.63) is 35.9 Å². The largest absolute Gasteiger partial charge is 0.467 e. The molecule has 0 aliphatic rings. The Hall–Kier alpha value is -2.61. The van der Waals surface area contributed by atoms with Crippen LogP contribution in [-0.2, 0) is 25.7 Å². The third-order valence-corrected chi connectivity index (χ3v) is 3.38. The van der Waals surface area contributed by atoms with Crippen LogP contribution in [0.1, 0.15) is 25.3 Å². The van der Waals surface area contributed by atoms with Crippen LogP contribution in [0.2, 0.25) is 0 Å². The van der Waals surface area contributed by atoms with E-state index < -0.39 is 36.7 Å². The minimum atomic E-state index is -1.18. The molecule has 0 unspecified atom stereocenters. The van der Waals surface area contributed by atoms with E-state index in [9.17, 15) is 14.4 Å². The first-order valence-electron chi connectivity index (χ1n) is 7.98. The van der Waals surface area contributed by atoms with E-state index in [1.54, 1.807) is 0 Å². The first-order valence-corrected chi connectivity index (χ1v) is 7.98. The Labute approximate surface area is 146 Å². The zero-order chi connectivity index (χ0) is 18.7. The van der Waals surface area contributed by atoms with Crippen LogP contribution in [0.4, 0.5) is 4.79 Å². The molecule has 0 aliphatic heterocycles. The molecule has 8 heteroatoms. The average Bonchev–Trinajstić information content (AvgIpc) is 2.64. The monoisotopic (exact) mass is 352 g/mol. The molecule has 2 amide bonds. The fourth-order valence-corrected chi connectivity index (χ4v) is 2.06. The average molecular weight is 352 g/mol. The summed E-state index contributed by atoms with van der Waals surface area (Å²) in [5.41, 5.74) is 0.820. The lowest BCUT2D eigenvalue weighted by molar-refractivity contribution is -0.146.